The number of rotatable bonds is 6. The van der Waals surface area contributed by atoms with Gasteiger partial charge in [-0.05, 0) is 24.6 Å². The van der Waals surface area contributed by atoms with Crippen LogP contribution in [-0.2, 0) is 9.53 Å². The number of nitrogens with one attached hydrogen (secondary N) is 2. The normalized spacial score (nSPS) is 22.2. The predicted molar refractivity (Wildman–Crippen MR) is 128 cm³/mol. The Labute approximate surface area is 199 Å². The molecule has 4 atom stereocenters. The highest BCUT2D eigenvalue weighted by molar-refractivity contribution is 7.18. The lowest BCUT2D eigenvalue weighted by atomic mass is 10.1. The number of aliphatic hydroxyl groups excluding tert-OH is 2. The van der Waals surface area contributed by atoms with Crippen molar-refractivity contribution in [2.24, 2.45) is 0 Å². The number of hydrogen-bond donors (Lipinski definition) is 4. The largest absolute Gasteiger partial charge is 0.387 e. The first-order valence-electron chi connectivity index (χ1n) is 10.9. The van der Waals surface area contributed by atoms with E-state index in [4.69, 9.17) is 9.72 Å². The van der Waals surface area contributed by atoms with Crippen LogP contribution in [0, 0.1) is 0 Å². The van der Waals surface area contributed by atoms with Gasteiger partial charge in [0.25, 0.3) is 5.91 Å². The SMILES string of the molecule is CCNC(=O)[C@@H]1OC(n2cnc3c(NC)nc(-c4ccc(-c5ccccc5)s4)nc32)C(O)C1O. The van der Waals surface area contributed by atoms with Crippen LogP contribution in [0.2, 0.25) is 0 Å². The Kier molecular flexibility index (Phi) is 6.00. The van der Waals surface area contributed by atoms with E-state index in [1.54, 1.807) is 25.3 Å². The van der Waals surface area contributed by atoms with Gasteiger partial charge in [-0.2, -0.15) is 0 Å². The van der Waals surface area contributed by atoms with Crippen LogP contribution < -0.4 is 10.6 Å². The first kappa shape index (κ1) is 22.4. The molecule has 1 aliphatic rings. The summed E-state index contributed by atoms with van der Waals surface area (Å²) in [5.41, 5.74) is 2.00. The van der Waals surface area contributed by atoms with Crippen molar-refractivity contribution >= 4 is 34.2 Å². The molecule has 3 unspecified atom stereocenters. The number of hydrogen-bond acceptors (Lipinski definition) is 9. The summed E-state index contributed by atoms with van der Waals surface area (Å²) in [5.74, 6) is 0.514. The molecule has 4 heterocycles. The van der Waals surface area contributed by atoms with Crippen molar-refractivity contribution in [2.75, 3.05) is 18.9 Å². The Bertz CT molecular complexity index is 1320. The maximum atomic E-state index is 12.3. The number of fused-ring (bicyclic) bond motifs is 1. The molecule has 1 aromatic carbocycles. The van der Waals surface area contributed by atoms with Crippen molar-refractivity contribution in [3.63, 3.8) is 0 Å². The Morgan fingerprint density at radius 1 is 1.12 bits per heavy atom. The van der Waals surface area contributed by atoms with E-state index in [0.29, 0.717) is 29.4 Å². The molecule has 5 rings (SSSR count). The summed E-state index contributed by atoms with van der Waals surface area (Å²) in [7, 11) is 1.74. The molecule has 11 heteroatoms. The second kappa shape index (κ2) is 9.11. The lowest BCUT2D eigenvalue weighted by Crippen LogP contribution is -2.42. The standard InChI is InChI=1S/C23H24N6O4S/c1-3-25-22(32)18-16(30)17(31)23(33-18)29-11-26-15-20(24-2)27-19(28-21(15)29)14-10-9-13(34-14)12-7-5-4-6-8-12/h4-11,16-18,23,30-31H,3H2,1-2H3,(H,25,32)(H,24,27,28)/t16?,17?,18-,23?/m1/s1. The Balaban J connectivity index is 1.54. The number of aliphatic hydroxyl groups is 2. The zero-order chi connectivity index (χ0) is 23.8. The zero-order valence-electron chi connectivity index (χ0n) is 18.5. The molecule has 3 aromatic heterocycles. The summed E-state index contributed by atoms with van der Waals surface area (Å²) >= 11 is 1.56. The van der Waals surface area contributed by atoms with Gasteiger partial charge in [0.15, 0.2) is 35.1 Å². The van der Waals surface area contributed by atoms with Gasteiger partial charge in [0.05, 0.1) is 11.2 Å². The number of benzene rings is 1. The smallest absolute Gasteiger partial charge is 0.252 e. The van der Waals surface area contributed by atoms with E-state index >= 15 is 0 Å². The maximum absolute atomic E-state index is 12.3. The Morgan fingerprint density at radius 2 is 1.88 bits per heavy atom. The van der Waals surface area contributed by atoms with Crippen molar-refractivity contribution in [1.29, 1.82) is 0 Å². The quantitative estimate of drug-likeness (QED) is 0.329. The molecule has 0 aliphatic carbocycles. The van der Waals surface area contributed by atoms with Crippen molar-refractivity contribution in [3.05, 3.63) is 48.8 Å². The minimum absolute atomic E-state index is 0.383. The number of carbonyl (C=O) groups is 1. The second-order valence-electron chi connectivity index (χ2n) is 7.82. The van der Waals surface area contributed by atoms with Crippen LogP contribution in [0.5, 0.6) is 0 Å². The van der Waals surface area contributed by atoms with Gasteiger partial charge in [0.2, 0.25) is 0 Å². The van der Waals surface area contributed by atoms with Gasteiger partial charge >= 0.3 is 0 Å². The first-order valence-corrected chi connectivity index (χ1v) is 11.7. The lowest BCUT2D eigenvalue weighted by molar-refractivity contribution is -0.137. The van der Waals surface area contributed by atoms with Crippen LogP contribution >= 0.6 is 11.3 Å². The molecule has 4 N–H and O–H groups in total. The summed E-state index contributed by atoms with van der Waals surface area (Å²) in [5, 5.41) is 26.7. The lowest BCUT2D eigenvalue weighted by Gasteiger charge is -2.16. The highest BCUT2D eigenvalue weighted by Gasteiger charge is 2.47. The summed E-state index contributed by atoms with van der Waals surface area (Å²) in [6.45, 7) is 2.15. The number of imidazole rings is 1. The van der Waals surface area contributed by atoms with Gasteiger partial charge in [-0.3, -0.25) is 9.36 Å². The highest BCUT2D eigenvalue weighted by Crippen LogP contribution is 2.36. The molecule has 0 saturated carbocycles. The fourth-order valence-corrected chi connectivity index (χ4v) is 4.93. The molecule has 0 bridgehead atoms. The predicted octanol–water partition coefficient (Wildman–Crippen LogP) is 2.02. The third-order valence-electron chi connectivity index (χ3n) is 5.66. The maximum Gasteiger partial charge on any atom is 0.252 e. The van der Waals surface area contributed by atoms with E-state index in [9.17, 15) is 15.0 Å². The third kappa shape index (κ3) is 3.82. The van der Waals surface area contributed by atoms with E-state index in [1.807, 2.05) is 42.5 Å². The second-order valence-corrected chi connectivity index (χ2v) is 8.91. The van der Waals surface area contributed by atoms with Crippen molar-refractivity contribution in [3.8, 4) is 21.1 Å². The van der Waals surface area contributed by atoms with E-state index in [0.717, 1.165) is 15.3 Å². The van der Waals surface area contributed by atoms with E-state index in [1.165, 1.54) is 10.9 Å². The average molecular weight is 481 g/mol. The van der Waals surface area contributed by atoms with E-state index < -0.39 is 30.4 Å². The van der Waals surface area contributed by atoms with Gasteiger partial charge < -0.3 is 25.6 Å². The Hall–Kier alpha value is -3.38. The molecular weight excluding hydrogens is 456 g/mol. The number of ether oxygens (including phenoxy) is 1. The molecule has 1 aliphatic heterocycles. The zero-order valence-corrected chi connectivity index (χ0v) is 19.4. The molecule has 1 saturated heterocycles. The summed E-state index contributed by atoms with van der Waals surface area (Å²) in [6.07, 6.45) is -3.50. The van der Waals surface area contributed by atoms with Crippen molar-refractivity contribution in [1.82, 2.24) is 24.8 Å². The van der Waals surface area contributed by atoms with Gasteiger partial charge in [-0.15, -0.1) is 11.3 Å². The minimum Gasteiger partial charge on any atom is -0.387 e. The van der Waals surface area contributed by atoms with Crippen molar-refractivity contribution < 1.29 is 19.7 Å². The number of likely N-dealkylation sites (N-methyl/N-ethyl adjacent to an activating group) is 1. The van der Waals surface area contributed by atoms with Crippen molar-refractivity contribution in [2.45, 2.75) is 31.5 Å². The topological polar surface area (TPSA) is 134 Å². The fourth-order valence-electron chi connectivity index (χ4n) is 3.98. The molecule has 0 radical (unpaired) electrons. The molecule has 176 valence electrons. The molecule has 4 aromatic rings. The van der Waals surface area contributed by atoms with Crippen LogP contribution in [0.3, 0.4) is 0 Å². The first-order chi connectivity index (χ1) is 16.5. The van der Waals surface area contributed by atoms with Gasteiger partial charge in [-0.25, -0.2) is 15.0 Å². The van der Waals surface area contributed by atoms with Crippen LogP contribution in [0.4, 0.5) is 5.82 Å². The third-order valence-corrected chi connectivity index (χ3v) is 6.80. The number of thiophene rings is 1. The molecule has 1 fully saturated rings. The van der Waals surface area contributed by atoms with Crippen LogP contribution in [-0.4, -0.2) is 67.5 Å². The van der Waals surface area contributed by atoms with Crippen LogP contribution in [0.25, 0.3) is 32.3 Å². The van der Waals surface area contributed by atoms with E-state index in [2.05, 4.69) is 20.6 Å². The molecule has 0 spiro atoms. The Morgan fingerprint density at radius 3 is 2.62 bits per heavy atom. The average Bonchev–Trinajstić information content (AvgIpc) is 3.58. The van der Waals surface area contributed by atoms with Crippen LogP contribution in [0.15, 0.2) is 48.8 Å². The molecular formula is C23H24N6O4S. The number of amides is 1. The van der Waals surface area contributed by atoms with Gasteiger partial charge in [0, 0.05) is 18.5 Å². The summed E-state index contributed by atoms with van der Waals surface area (Å²) in [6, 6.07) is 14.0. The van der Waals surface area contributed by atoms with Gasteiger partial charge in [-0.1, -0.05) is 30.3 Å². The number of nitrogens with zero attached hydrogens (tertiary/aromatic N) is 4. The molecule has 34 heavy (non-hydrogen) atoms. The molecule has 1 amide bonds. The molecule has 10 nitrogen and oxygen atoms in total. The number of carbonyl (C=O) groups excluding carboxylic acids is 1. The monoisotopic (exact) mass is 480 g/mol. The summed E-state index contributed by atoms with van der Waals surface area (Å²) in [4.78, 5) is 28.0. The van der Waals surface area contributed by atoms with E-state index in [-0.39, 0.29) is 0 Å². The number of aromatic nitrogens is 4. The van der Waals surface area contributed by atoms with Crippen LogP contribution in [0.1, 0.15) is 13.2 Å². The highest BCUT2D eigenvalue weighted by atomic mass is 32.1. The summed E-state index contributed by atoms with van der Waals surface area (Å²) < 4.78 is 7.29. The van der Waals surface area contributed by atoms with Gasteiger partial charge in [0.1, 0.15) is 12.2 Å². The fraction of sp³-hybridized carbons (Fsp3) is 0.304. The number of anilines is 1. The minimum atomic E-state index is -1.38.